The molecule has 0 unspecified atom stereocenters. The van der Waals surface area contributed by atoms with Gasteiger partial charge in [0.15, 0.2) is 0 Å². The van der Waals surface area contributed by atoms with Crippen molar-refractivity contribution in [3.63, 3.8) is 0 Å². The third kappa shape index (κ3) is 4.46. The topological polar surface area (TPSA) is 68.3 Å². The molecule has 0 atom stereocenters. The molecule has 0 saturated carbocycles. The molecule has 1 aromatic carbocycles. The standard InChI is InChI=1S/C14H16N2O2S/c15-16-14(17)8-11-3-5-12(6-4-11)9-19-10-13-2-1-7-18-13/h1-7H,8-10,15H2,(H,16,17). The first-order valence-electron chi connectivity index (χ1n) is 5.95. The summed E-state index contributed by atoms with van der Waals surface area (Å²) >= 11 is 1.80. The molecule has 2 aromatic rings. The molecule has 0 aliphatic carbocycles. The van der Waals surface area contributed by atoms with Crippen LogP contribution >= 0.6 is 11.8 Å². The lowest BCUT2D eigenvalue weighted by molar-refractivity contribution is -0.120. The van der Waals surface area contributed by atoms with E-state index in [4.69, 9.17) is 10.3 Å². The van der Waals surface area contributed by atoms with Crippen LogP contribution in [0.15, 0.2) is 47.1 Å². The molecule has 1 amide bonds. The van der Waals surface area contributed by atoms with Gasteiger partial charge in [-0.15, -0.1) is 11.8 Å². The average Bonchev–Trinajstić information content (AvgIpc) is 2.94. The Balaban J connectivity index is 1.80. The van der Waals surface area contributed by atoms with E-state index in [0.717, 1.165) is 22.8 Å². The van der Waals surface area contributed by atoms with Crippen molar-refractivity contribution in [3.05, 3.63) is 59.5 Å². The number of nitrogens with one attached hydrogen (secondary N) is 1. The Kier molecular flexibility index (Phi) is 5.06. The molecule has 19 heavy (non-hydrogen) atoms. The fourth-order valence-electron chi connectivity index (χ4n) is 1.65. The highest BCUT2D eigenvalue weighted by Gasteiger charge is 2.02. The van der Waals surface area contributed by atoms with Crippen molar-refractivity contribution in [1.82, 2.24) is 5.43 Å². The molecule has 2 rings (SSSR count). The highest BCUT2D eigenvalue weighted by molar-refractivity contribution is 7.97. The molecule has 4 nitrogen and oxygen atoms in total. The van der Waals surface area contributed by atoms with Gasteiger partial charge in [0, 0.05) is 5.75 Å². The number of hydrogen-bond donors (Lipinski definition) is 2. The lowest BCUT2D eigenvalue weighted by atomic mass is 10.1. The maximum Gasteiger partial charge on any atom is 0.238 e. The molecule has 100 valence electrons. The summed E-state index contributed by atoms with van der Waals surface area (Å²) in [7, 11) is 0. The predicted molar refractivity (Wildman–Crippen MR) is 76.2 cm³/mol. The summed E-state index contributed by atoms with van der Waals surface area (Å²) in [5, 5.41) is 0. The van der Waals surface area contributed by atoms with E-state index >= 15 is 0 Å². The molecular weight excluding hydrogens is 260 g/mol. The van der Waals surface area contributed by atoms with Crippen LogP contribution < -0.4 is 11.3 Å². The van der Waals surface area contributed by atoms with Gasteiger partial charge >= 0.3 is 0 Å². The second-order valence-electron chi connectivity index (χ2n) is 4.13. The zero-order valence-electron chi connectivity index (χ0n) is 10.5. The first kappa shape index (κ1) is 13.7. The number of furan rings is 1. The molecule has 0 saturated heterocycles. The van der Waals surface area contributed by atoms with Crippen LogP contribution in [0.1, 0.15) is 16.9 Å². The smallest absolute Gasteiger partial charge is 0.238 e. The lowest BCUT2D eigenvalue weighted by Crippen LogP contribution is -2.31. The molecule has 1 heterocycles. The highest BCUT2D eigenvalue weighted by Crippen LogP contribution is 2.18. The van der Waals surface area contributed by atoms with E-state index in [1.165, 1.54) is 5.56 Å². The van der Waals surface area contributed by atoms with Crippen LogP contribution in [0.2, 0.25) is 0 Å². The van der Waals surface area contributed by atoms with Crippen LogP contribution in [0.4, 0.5) is 0 Å². The van der Waals surface area contributed by atoms with Gasteiger partial charge < -0.3 is 4.42 Å². The molecule has 0 aliphatic heterocycles. The van der Waals surface area contributed by atoms with Crippen molar-refractivity contribution in [2.45, 2.75) is 17.9 Å². The van der Waals surface area contributed by atoms with Crippen molar-refractivity contribution < 1.29 is 9.21 Å². The Morgan fingerprint density at radius 1 is 1.16 bits per heavy atom. The van der Waals surface area contributed by atoms with Gasteiger partial charge in [0.25, 0.3) is 0 Å². The molecule has 0 aliphatic rings. The van der Waals surface area contributed by atoms with Crippen molar-refractivity contribution in [1.29, 1.82) is 0 Å². The minimum absolute atomic E-state index is 0.181. The van der Waals surface area contributed by atoms with E-state index in [0.29, 0.717) is 6.42 Å². The largest absolute Gasteiger partial charge is 0.468 e. The van der Waals surface area contributed by atoms with Crippen LogP contribution in [0, 0.1) is 0 Å². The number of thioether (sulfide) groups is 1. The first-order valence-corrected chi connectivity index (χ1v) is 7.11. The average molecular weight is 276 g/mol. The van der Waals surface area contributed by atoms with E-state index in [9.17, 15) is 4.79 Å². The number of amides is 1. The van der Waals surface area contributed by atoms with Crippen molar-refractivity contribution >= 4 is 17.7 Å². The van der Waals surface area contributed by atoms with Crippen molar-refractivity contribution in [2.75, 3.05) is 0 Å². The summed E-state index contributed by atoms with van der Waals surface area (Å²) in [4.78, 5) is 11.1. The van der Waals surface area contributed by atoms with Crippen molar-refractivity contribution in [3.8, 4) is 0 Å². The first-order chi connectivity index (χ1) is 9.28. The maximum absolute atomic E-state index is 11.1. The summed E-state index contributed by atoms with van der Waals surface area (Å²) in [6, 6.07) is 11.9. The number of carbonyl (C=O) groups excluding carboxylic acids is 1. The van der Waals surface area contributed by atoms with E-state index in [-0.39, 0.29) is 5.91 Å². The SMILES string of the molecule is NNC(=O)Cc1ccc(CSCc2ccco2)cc1. The summed E-state index contributed by atoms with van der Waals surface area (Å²) in [5.74, 6) is 7.64. The highest BCUT2D eigenvalue weighted by atomic mass is 32.2. The molecule has 5 heteroatoms. The third-order valence-electron chi connectivity index (χ3n) is 2.64. The van der Waals surface area contributed by atoms with E-state index in [2.05, 4.69) is 5.43 Å². The van der Waals surface area contributed by atoms with E-state index < -0.39 is 0 Å². The second kappa shape index (κ2) is 7.01. The Hall–Kier alpha value is -1.72. The lowest BCUT2D eigenvalue weighted by Gasteiger charge is -2.03. The Morgan fingerprint density at radius 3 is 2.53 bits per heavy atom. The molecular formula is C14H16N2O2S. The zero-order valence-corrected chi connectivity index (χ0v) is 11.3. The number of rotatable bonds is 6. The zero-order chi connectivity index (χ0) is 13.5. The summed E-state index contributed by atoms with van der Waals surface area (Å²) in [5.41, 5.74) is 4.32. The van der Waals surface area contributed by atoms with Crippen LogP contribution in [0.25, 0.3) is 0 Å². The summed E-state index contributed by atoms with van der Waals surface area (Å²) in [6.07, 6.45) is 2.00. The minimum Gasteiger partial charge on any atom is -0.468 e. The van der Waals surface area contributed by atoms with Crippen LogP contribution in [-0.2, 0) is 22.7 Å². The quantitative estimate of drug-likeness (QED) is 0.482. The van der Waals surface area contributed by atoms with Crippen LogP contribution in [0.3, 0.4) is 0 Å². The number of hydrogen-bond acceptors (Lipinski definition) is 4. The molecule has 1 aromatic heterocycles. The number of carbonyl (C=O) groups is 1. The molecule has 3 N–H and O–H groups in total. The Bertz CT molecular complexity index is 509. The van der Waals surface area contributed by atoms with Crippen LogP contribution in [0.5, 0.6) is 0 Å². The molecule has 0 spiro atoms. The predicted octanol–water partition coefficient (Wildman–Crippen LogP) is 2.25. The number of benzene rings is 1. The van der Waals surface area contributed by atoms with Gasteiger partial charge in [0.1, 0.15) is 5.76 Å². The summed E-state index contributed by atoms with van der Waals surface area (Å²) < 4.78 is 5.27. The normalized spacial score (nSPS) is 10.4. The minimum atomic E-state index is -0.181. The number of nitrogens with two attached hydrogens (primary N) is 1. The monoisotopic (exact) mass is 276 g/mol. The van der Waals surface area contributed by atoms with Gasteiger partial charge in [-0.2, -0.15) is 0 Å². The van der Waals surface area contributed by atoms with Gasteiger partial charge in [0.2, 0.25) is 5.91 Å². The van der Waals surface area contributed by atoms with E-state index in [1.54, 1.807) is 18.0 Å². The molecule has 0 bridgehead atoms. The maximum atomic E-state index is 11.1. The Labute approximate surface area is 116 Å². The summed E-state index contributed by atoms with van der Waals surface area (Å²) in [6.45, 7) is 0. The second-order valence-corrected chi connectivity index (χ2v) is 5.12. The fourth-order valence-corrected chi connectivity index (χ4v) is 2.55. The van der Waals surface area contributed by atoms with Gasteiger partial charge in [-0.25, -0.2) is 5.84 Å². The molecule has 0 fully saturated rings. The van der Waals surface area contributed by atoms with Crippen molar-refractivity contribution in [2.24, 2.45) is 5.84 Å². The third-order valence-corrected chi connectivity index (χ3v) is 3.67. The fraction of sp³-hybridized carbons (Fsp3) is 0.214. The van der Waals surface area contributed by atoms with Gasteiger partial charge in [-0.05, 0) is 23.3 Å². The molecule has 0 radical (unpaired) electrons. The van der Waals surface area contributed by atoms with Crippen LogP contribution in [-0.4, -0.2) is 5.91 Å². The van der Waals surface area contributed by atoms with E-state index in [1.807, 2.05) is 36.4 Å². The van der Waals surface area contributed by atoms with Gasteiger partial charge in [-0.1, -0.05) is 24.3 Å². The Morgan fingerprint density at radius 2 is 1.89 bits per heavy atom. The number of hydrazine groups is 1. The van der Waals surface area contributed by atoms with Gasteiger partial charge in [0.05, 0.1) is 18.4 Å². The van der Waals surface area contributed by atoms with Gasteiger partial charge in [-0.3, -0.25) is 10.2 Å².